The number of hydrogen-bond donors (Lipinski definition) is 6. The van der Waals surface area contributed by atoms with Gasteiger partial charge < -0.3 is 30.8 Å². The third-order valence-electron chi connectivity index (χ3n) is 3.94. The lowest BCUT2D eigenvalue weighted by Gasteiger charge is -2.21. The maximum Gasteiger partial charge on any atom is 0.351 e. The van der Waals surface area contributed by atoms with Crippen molar-refractivity contribution in [3.63, 3.8) is 0 Å². The Hall–Kier alpha value is -3.82. The number of aliphatic imine (C=N–C) groups is 1. The van der Waals surface area contributed by atoms with E-state index >= 15 is 0 Å². The fourth-order valence-corrected chi connectivity index (χ4v) is 2.51. The normalized spacial score (nSPS) is 19.1. The molecule has 0 saturated carbocycles. The van der Waals surface area contributed by atoms with Crippen LogP contribution in [0.25, 0.3) is 0 Å². The van der Waals surface area contributed by atoms with Gasteiger partial charge in [0.25, 0.3) is 0 Å². The zero-order chi connectivity index (χ0) is 20.8. The summed E-state index contributed by atoms with van der Waals surface area (Å²) >= 11 is 0. The monoisotopic (exact) mass is 390 g/mol. The molecular formula is C18H18N2O8. The first-order chi connectivity index (χ1) is 13.2. The van der Waals surface area contributed by atoms with E-state index in [0.29, 0.717) is 11.1 Å². The first-order valence-electron chi connectivity index (χ1n) is 8.07. The van der Waals surface area contributed by atoms with Gasteiger partial charge in [-0.2, -0.15) is 0 Å². The number of hydrogen-bond acceptors (Lipinski definition) is 7. The van der Waals surface area contributed by atoms with Crippen LogP contribution in [0.4, 0.5) is 0 Å². The van der Waals surface area contributed by atoms with Gasteiger partial charge in [0.1, 0.15) is 11.7 Å². The zero-order valence-electron chi connectivity index (χ0n) is 14.4. The third kappa shape index (κ3) is 5.34. The number of phenols is 2. The number of nitrogens with one attached hydrogen (secondary N) is 1. The smallest absolute Gasteiger partial charge is 0.351 e. The van der Waals surface area contributed by atoms with Crippen molar-refractivity contribution in [2.24, 2.45) is 4.99 Å². The number of rotatable bonds is 7. The van der Waals surface area contributed by atoms with Gasteiger partial charge in [-0.1, -0.05) is 6.07 Å². The van der Waals surface area contributed by atoms with Crippen molar-refractivity contribution in [3.05, 3.63) is 47.2 Å². The molecule has 0 aromatic heterocycles. The molecule has 0 fully saturated rings. The number of allylic oxidation sites excluding steroid dienone is 2. The van der Waals surface area contributed by atoms with Gasteiger partial charge >= 0.3 is 17.9 Å². The van der Waals surface area contributed by atoms with Gasteiger partial charge in [-0.05, 0) is 35.4 Å². The molecule has 1 aromatic rings. The maximum absolute atomic E-state index is 11.4. The van der Waals surface area contributed by atoms with E-state index in [-0.39, 0.29) is 30.0 Å². The molecule has 6 N–H and O–H groups in total. The molecule has 1 aliphatic heterocycles. The average Bonchev–Trinajstić information content (AvgIpc) is 2.63. The second kappa shape index (κ2) is 8.71. The molecule has 0 bridgehead atoms. The van der Waals surface area contributed by atoms with Crippen LogP contribution in [0.15, 0.2) is 46.6 Å². The van der Waals surface area contributed by atoms with Crippen LogP contribution in [0.5, 0.6) is 11.5 Å². The van der Waals surface area contributed by atoms with E-state index in [1.165, 1.54) is 36.6 Å². The molecule has 28 heavy (non-hydrogen) atoms. The summed E-state index contributed by atoms with van der Waals surface area (Å²) in [6, 6.07) is 1.59. The highest BCUT2D eigenvalue weighted by Crippen LogP contribution is 2.25. The van der Waals surface area contributed by atoms with E-state index in [1.54, 1.807) is 0 Å². The van der Waals surface area contributed by atoms with Crippen molar-refractivity contribution in [2.75, 3.05) is 0 Å². The summed E-state index contributed by atoms with van der Waals surface area (Å²) in [5, 5.41) is 48.6. The molecule has 10 heteroatoms. The topological polar surface area (TPSA) is 177 Å². The molecule has 1 aromatic carbocycles. The highest BCUT2D eigenvalue weighted by Gasteiger charge is 2.26. The number of aromatic hydroxyl groups is 2. The maximum atomic E-state index is 11.4. The molecule has 1 aliphatic rings. The Kier molecular flexibility index (Phi) is 6.38. The zero-order valence-corrected chi connectivity index (χ0v) is 14.4. The highest BCUT2D eigenvalue weighted by molar-refractivity contribution is 5.90. The van der Waals surface area contributed by atoms with Gasteiger partial charge in [0, 0.05) is 19.1 Å². The number of phenolic OH excluding ortho intramolecular Hbond substituents is 2. The first-order valence-corrected chi connectivity index (χ1v) is 8.07. The Labute approximate surface area is 158 Å². The Balaban J connectivity index is 2.18. The summed E-state index contributed by atoms with van der Waals surface area (Å²) in [6.45, 7) is 0. The van der Waals surface area contributed by atoms with Crippen molar-refractivity contribution in [1.29, 1.82) is 0 Å². The number of carbonyl (C=O) groups is 3. The standard InChI is InChI=1S/C18H18N2O8/c21-14-2-1-9(8-15(14)22)5-11(16(23)24)19-4-3-10-6-12(17(25)26)20-13(7-10)18(27)28/h1-4,6,8,11,13,20-22H,5,7H2,(H,23,24)(H,25,26)(H,27,28). The van der Waals surface area contributed by atoms with E-state index in [2.05, 4.69) is 10.3 Å². The quantitative estimate of drug-likeness (QED) is 0.286. The molecule has 0 radical (unpaired) electrons. The number of carboxylic acids is 3. The molecule has 2 unspecified atom stereocenters. The van der Waals surface area contributed by atoms with Gasteiger partial charge in [-0.15, -0.1) is 0 Å². The number of aliphatic carboxylic acids is 3. The lowest BCUT2D eigenvalue weighted by atomic mass is 10.00. The molecule has 0 saturated heterocycles. The van der Waals surface area contributed by atoms with E-state index in [0.717, 1.165) is 0 Å². The van der Waals surface area contributed by atoms with Gasteiger partial charge in [0.2, 0.25) is 0 Å². The van der Waals surface area contributed by atoms with Crippen LogP contribution < -0.4 is 5.32 Å². The summed E-state index contributed by atoms with van der Waals surface area (Å²) in [5.41, 5.74) is 0.514. The molecule has 1 heterocycles. The molecule has 0 spiro atoms. The van der Waals surface area contributed by atoms with Crippen molar-refractivity contribution < 1.29 is 39.9 Å². The van der Waals surface area contributed by atoms with Crippen LogP contribution in [0.1, 0.15) is 12.0 Å². The third-order valence-corrected chi connectivity index (χ3v) is 3.94. The number of carboxylic acid groups (broad SMARTS) is 3. The van der Waals surface area contributed by atoms with Crippen molar-refractivity contribution in [1.82, 2.24) is 5.32 Å². The van der Waals surface area contributed by atoms with Crippen molar-refractivity contribution in [3.8, 4) is 11.5 Å². The van der Waals surface area contributed by atoms with Gasteiger partial charge in [-0.25, -0.2) is 14.4 Å². The largest absolute Gasteiger partial charge is 0.504 e. The minimum atomic E-state index is -1.32. The molecule has 2 rings (SSSR count). The molecule has 2 atom stereocenters. The van der Waals surface area contributed by atoms with Gasteiger partial charge in [0.15, 0.2) is 17.5 Å². The Morgan fingerprint density at radius 1 is 1.18 bits per heavy atom. The fraction of sp³-hybridized carbons (Fsp3) is 0.222. The van der Waals surface area contributed by atoms with E-state index in [4.69, 9.17) is 10.2 Å². The lowest BCUT2D eigenvalue weighted by Crippen LogP contribution is -2.41. The Morgan fingerprint density at radius 3 is 2.46 bits per heavy atom. The van der Waals surface area contributed by atoms with Crippen molar-refractivity contribution >= 4 is 24.1 Å². The van der Waals surface area contributed by atoms with E-state index in [9.17, 15) is 29.7 Å². The highest BCUT2D eigenvalue weighted by atomic mass is 16.4. The van der Waals surface area contributed by atoms with Crippen LogP contribution in [-0.4, -0.2) is 61.7 Å². The fourth-order valence-electron chi connectivity index (χ4n) is 2.51. The summed E-state index contributed by atoms with van der Waals surface area (Å²) in [4.78, 5) is 37.5. The second-order valence-corrected chi connectivity index (χ2v) is 6.02. The van der Waals surface area contributed by atoms with Crippen LogP contribution in [0, 0.1) is 0 Å². The Bertz CT molecular complexity index is 888. The molecule has 10 nitrogen and oxygen atoms in total. The van der Waals surface area contributed by atoms with E-state index in [1.807, 2.05) is 0 Å². The second-order valence-electron chi connectivity index (χ2n) is 6.02. The van der Waals surface area contributed by atoms with Gasteiger partial charge in [0.05, 0.1) is 0 Å². The first kappa shape index (κ1) is 20.5. The minimum Gasteiger partial charge on any atom is -0.504 e. The predicted octanol–water partition coefficient (Wildman–Crippen LogP) is 0.506. The number of benzene rings is 1. The lowest BCUT2D eigenvalue weighted by molar-refractivity contribution is -0.140. The molecular weight excluding hydrogens is 372 g/mol. The summed E-state index contributed by atoms with van der Waals surface area (Å²) in [6.07, 6.45) is 3.72. The SMILES string of the molecule is O=C(O)C1=CC(=CC=NC(Cc2ccc(O)c(O)c2)C(=O)O)CC(C(=O)O)N1. The molecule has 0 aliphatic carbocycles. The van der Waals surface area contributed by atoms with Crippen LogP contribution in [0.2, 0.25) is 0 Å². The Morgan fingerprint density at radius 2 is 1.89 bits per heavy atom. The van der Waals surface area contributed by atoms with E-state index < -0.39 is 30.0 Å². The average molecular weight is 390 g/mol. The molecule has 0 amide bonds. The summed E-state index contributed by atoms with van der Waals surface area (Å²) in [7, 11) is 0. The predicted molar refractivity (Wildman–Crippen MR) is 96.4 cm³/mol. The van der Waals surface area contributed by atoms with Gasteiger partial charge in [-0.3, -0.25) is 4.99 Å². The summed E-state index contributed by atoms with van der Waals surface area (Å²) < 4.78 is 0. The molecule has 148 valence electrons. The van der Waals surface area contributed by atoms with Crippen molar-refractivity contribution in [2.45, 2.75) is 24.9 Å². The van der Waals surface area contributed by atoms with Crippen LogP contribution >= 0.6 is 0 Å². The van der Waals surface area contributed by atoms with Crippen LogP contribution in [0.3, 0.4) is 0 Å². The number of nitrogens with zero attached hydrogens (tertiary/aromatic N) is 1. The minimum absolute atomic E-state index is 0.00169. The van der Waals surface area contributed by atoms with Crippen LogP contribution in [-0.2, 0) is 20.8 Å². The summed E-state index contributed by atoms with van der Waals surface area (Å²) in [5.74, 6) is -4.47.